The number of allylic oxidation sites excluding steroid dienone is 1. The first kappa shape index (κ1) is 38.6. The van der Waals surface area contributed by atoms with Gasteiger partial charge in [0.2, 0.25) is 11.7 Å². The summed E-state index contributed by atoms with van der Waals surface area (Å²) in [7, 11) is 1.67. The van der Waals surface area contributed by atoms with Gasteiger partial charge in [-0.05, 0) is 100 Å². The lowest BCUT2D eigenvalue weighted by molar-refractivity contribution is -0.348. The summed E-state index contributed by atoms with van der Waals surface area (Å²) < 4.78 is 17.8. The number of aliphatic hydroxyl groups excluding tert-OH is 2. The van der Waals surface area contributed by atoms with Crippen LogP contribution < -0.4 is 5.32 Å². The summed E-state index contributed by atoms with van der Waals surface area (Å²) >= 11 is 0. The highest BCUT2D eigenvalue weighted by Crippen LogP contribution is 2.78. The fourth-order valence-electron chi connectivity index (χ4n) is 14.2. The molecule has 0 radical (unpaired) electrons. The predicted molar refractivity (Wildman–Crippen MR) is 195 cm³/mol. The molecule has 5 heterocycles. The Labute approximate surface area is 323 Å². The molecule has 55 heavy (non-hydrogen) atoms. The van der Waals surface area contributed by atoms with Gasteiger partial charge in [0.15, 0.2) is 5.78 Å². The monoisotopic (exact) mass is 768 g/mol. The number of amides is 1. The minimum atomic E-state index is -2.92. The van der Waals surface area contributed by atoms with Crippen molar-refractivity contribution in [1.82, 2.24) is 10.2 Å². The Hall–Kier alpha value is -1.96. The van der Waals surface area contributed by atoms with Crippen molar-refractivity contribution in [3.8, 4) is 11.8 Å². The molecule has 0 aromatic rings. The molecule has 0 aromatic heterocycles. The van der Waals surface area contributed by atoms with Gasteiger partial charge < -0.3 is 49.7 Å². The van der Waals surface area contributed by atoms with Gasteiger partial charge in [-0.15, -0.1) is 5.92 Å². The topological polar surface area (TPSA) is 198 Å². The van der Waals surface area contributed by atoms with E-state index in [0.717, 1.165) is 25.7 Å². The molecule has 7 N–H and O–H groups in total. The van der Waals surface area contributed by atoms with Crippen molar-refractivity contribution in [3.63, 3.8) is 0 Å². The van der Waals surface area contributed by atoms with Crippen molar-refractivity contribution in [2.24, 2.45) is 45.8 Å². The van der Waals surface area contributed by atoms with Crippen molar-refractivity contribution in [3.05, 3.63) is 11.6 Å². The first-order chi connectivity index (χ1) is 26.1. The molecular formula is C42H60N2O11. The van der Waals surface area contributed by atoms with Gasteiger partial charge in [-0.1, -0.05) is 19.3 Å². The van der Waals surface area contributed by atoms with Crippen LogP contribution in [0.5, 0.6) is 0 Å². The molecule has 13 nitrogen and oxygen atoms in total. The highest BCUT2D eigenvalue weighted by atomic mass is 16.6. The molecule has 7 fully saturated rings. The van der Waals surface area contributed by atoms with Crippen molar-refractivity contribution in [2.45, 2.75) is 145 Å². The summed E-state index contributed by atoms with van der Waals surface area (Å²) in [6.45, 7) is 4.72. The number of nitrogens with one attached hydrogen (secondary N) is 1. The Kier molecular flexibility index (Phi) is 9.13. The van der Waals surface area contributed by atoms with Crippen molar-refractivity contribution in [1.29, 1.82) is 0 Å². The van der Waals surface area contributed by atoms with Crippen LogP contribution in [0.25, 0.3) is 0 Å². The maximum absolute atomic E-state index is 14.6. The van der Waals surface area contributed by atoms with E-state index in [2.05, 4.69) is 24.1 Å². The number of fused-ring (bicyclic) bond motifs is 3. The summed E-state index contributed by atoms with van der Waals surface area (Å²) in [4.78, 5) is 30.2. The van der Waals surface area contributed by atoms with Crippen LogP contribution in [0.3, 0.4) is 0 Å². The average Bonchev–Trinajstić information content (AvgIpc) is 3.72. The van der Waals surface area contributed by atoms with Gasteiger partial charge in [-0.3, -0.25) is 14.9 Å². The molecule has 304 valence electrons. The number of aliphatic hydroxyl groups is 6. The number of methoxy groups -OCH3 is 1. The largest absolute Gasteiger partial charge is 0.396 e. The lowest BCUT2D eigenvalue weighted by atomic mass is 9.34. The third-order valence-electron chi connectivity index (χ3n) is 17.0. The third kappa shape index (κ3) is 5.09. The van der Waals surface area contributed by atoms with E-state index in [-0.39, 0.29) is 54.9 Å². The number of nitrogens with zero attached hydrogens (tertiary/aromatic N) is 1. The second-order valence-electron chi connectivity index (χ2n) is 19.2. The van der Waals surface area contributed by atoms with Gasteiger partial charge in [0.1, 0.15) is 24.0 Å². The van der Waals surface area contributed by atoms with Gasteiger partial charge in [-0.2, -0.15) is 0 Å². The van der Waals surface area contributed by atoms with Crippen LogP contribution in [0.2, 0.25) is 0 Å². The molecule has 13 heteroatoms. The fraction of sp³-hybridized carbons (Fsp3) is 0.857. The first-order valence-corrected chi connectivity index (χ1v) is 20.9. The SMILES string of the molecule is COCCCOC1CCC2(C)C(C1)C(=O)C=C1C3(O)CCC4C(C)(O)C(O)(O)C5OC6C(O)NC(CC6C5CO)C(=O)N5CC5CC#CC12C1CCCC43C1. The van der Waals surface area contributed by atoms with E-state index in [1.54, 1.807) is 18.1 Å². The molecule has 16 unspecified atom stereocenters. The van der Waals surface area contributed by atoms with Crippen LogP contribution in [-0.2, 0) is 23.8 Å². The Bertz CT molecular complexity index is 1690. The molecule has 5 aliphatic heterocycles. The molecule has 2 spiro atoms. The standard InChI is InChI=1S/C42H60N2O11/c1-37-13-9-25(54-16-6-15-53-3)17-28(37)30(46)19-32-40(37)12-5-8-24-21-44(24)36(48)29-18-26-27(22-45)34(55-33(26)35(47)43-29)42(51,52)38(2,49)31-10-14-41(32,50)39(31)11-4-7-23(40)20-39/h19,23-29,31,33-35,43,45,47,49-52H,4,6-11,13-18,20-22H2,1-3H3. The minimum Gasteiger partial charge on any atom is -0.396 e. The molecule has 16 atom stereocenters. The van der Waals surface area contributed by atoms with Crippen LogP contribution in [0.1, 0.15) is 90.9 Å². The number of ether oxygens (including phenoxy) is 3. The number of rotatable bonds is 6. The van der Waals surface area contributed by atoms with Gasteiger partial charge in [0.05, 0.1) is 29.2 Å². The quantitative estimate of drug-likeness (QED) is 0.0869. The number of hydrogen-bond donors (Lipinski definition) is 7. The highest BCUT2D eigenvalue weighted by molar-refractivity contribution is 5.96. The summed E-state index contributed by atoms with van der Waals surface area (Å²) in [6, 6.07) is -0.906. The van der Waals surface area contributed by atoms with Crippen LogP contribution in [0.4, 0.5) is 0 Å². The number of carbonyl (C=O) groups excluding carboxylic acids is 2. The van der Waals surface area contributed by atoms with E-state index in [0.29, 0.717) is 57.4 Å². The molecule has 8 bridgehead atoms. The Morgan fingerprint density at radius 2 is 1.85 bits per heavy atom. The van der Waals surface area contributed by atoms with E-state index < -0.39 is 82.1 Å². The summed E-state index contributed by atoms with van der Waals surface area (Å²) in [5.74, 6) is 1.40. The Balaban J connectivity index is 1.18. The predicted octanol–water partition coefficient (Wildman–Crippen LogP) is 0.764. The van der Waals surface area contributed by atoms with Gasteiger partial charge in [-0.25, -0.2) is 0 Å². The highest BCUT2D eigenvalue weighted by Gasteiger charge is 2.79. The molecule has 5 aliphatic carbocycles. The number of ketones is 1. The maximum atomic E-state index is 14.6. The average molecular weight is 769 g/mol. The molecule has 0 aromatic carbocycles. The Morgan fingerprint density at radius 1 is 1.05 bits per heavy atom. The van der Waals surface area contributed by atoms with E-state index in [9.17, 15) is 40.2 Å². The van der Waals surface area contributed by atoms with E-state index >= 15 is 0 Å². The summed E-state index contributed by atoms with van der Waals surface area (Å²) in [5.41, 5.74) is -5.71. The lowest BCUT2D eigenvalue weighted by Crippen LogP contribution is -2.72. The normalized spacial score (nSPS) is 52.0. The van der Waals surface area contributed by atoms with Gasteiger partial charge in [0.25, 0.3) is 0 Å². The van der Waals surface area contributed by atoms with Crippen LogP contribution in [0, 0.1) is 57.7 Å². The number of hydrogen-bond acceptors (Lipinski definition) is 12. The number of carbonyl (C=O) groups is 2. The molecular weight excluding hydrogens is 708 g/mol. The minimum absolute atomic E-state index is 0.0450. The van der Waals surface area contributed by atoms with Crippen LogP contribution in [-0.4, -0.2) is 134 Å². The summed E-state index contributed by atoms with van der Waals surface area (Å²) in [6.07, 6.45) is 4.20. The van der Waals surface area contributed by atoms with E-state index in [1.165, 1.54) is 6.92 Å². The van der Waals surface area contributed by atoms with E-state index in [4.69, 9.17) is 14.2 Å². The van der Waals surface area contributed by atoms with Crippen molar-refractivity contribution < 1.29 is 54.4 Å². The zero-order valence-electron chi connectivity index (χ0n) is 32.4. The zero-order chi connectivity index (χ0) is 38.9. The van der Waals surface area contributed by atoms with Gasteiger partial charge >= 0.3 is 0 Å². The summed E-state index contributed by atoms with van der Waals surface area (Å²) in [5, 5.41) is 75.8. The maximum Gasteiger partial charge on any atom is 0.240 e. The van der Waals surface area contributed by atoms with E-state index in [1.807, 2.05) is 0 Å². The van der Waals surface area contributed by atoms with Crippen molar-refractivity contribution in [2.75, 3.05) is 33.5 Å². The van der Waals surface area contributed by atoms with Crippen LogP contribution >= 0.6 is 0 Å². The van der Waals surface area contributed by atoms with Gasteiger partial charge in [0, 0.05) is 63.1 Å². The van der Waals surface area contributed by atoms with Crippen molar-refractivity contribution >= 4 is 11.7 Å². The Morgan fingerprint density at radius 3 is 2.62 bits per heavy atom. The molecule has 10 aliphatic rings. The molecule has 1 amide bonds. The fourth-order valence-corrected chi connectivity index (χ4v) is 14.2. The second-order valence-corrected chi connectivity index (χ2v) is 19.2. The molecule has 10 rings (SSSR count). The van der Waals surface area contributed by atoms with Crippen LogP contribution in [0.15, 0.2) is 11.6 Å². The number of piperidine rings is 1. The molecule has 3 saturated heterocycles. The zero-order valence-corrected chi connectivity index (χ0v) is 32.4. The first-order valence-electron chi connectivity index (χ1n) is 20.9. The second kappa shape index (κ2) is 13.0. The third-order valence-corrected chi connectivity index (χ3v) is 17.0. The smallest absolute Gasteiger partial charge is 0.240 e. The lowest BCUT2D eigenvalue weighted by Gasteiger charge is -2.69. The molecule has 4 saturated carbocycles.